The molecule has 3 heteroatoms. The first kappa shape index (κ1) is 7.72. The molecule has 0 aromatic carbocycles. The van der Waals surface area contributed by atoms with E-state index in [1.807, 2.05) is 0 Å². The molecule has 1 N–H and O–H groups in total. The summed E-state index contributed by atoms with van der Waals surface area (Å²) in [5, 5.41) is 8.30. The Morgan fingerprint density at radius 1 is 1.55 bits per heavy atom. The number of hydrogen-bond donors (Lipinski definition) is 1. The molecular weight excluding hydrogens is 144 g/mol. The van der Waals surface area contributed by atoms with E-state index in [1.165, 1.54) is 6.08 Å². The van der Waals surface area contributed by atoms with E-state index in [9.17, 15) is 9.59 Å². The molecule has 0 aromatic rings. The van der Waals surface area contributed by atoms with E-state index in [2.05, 4.69) is 6.08 Å². The van der Waals surface area contributed by atoms with Crippen molar-refractivity contribution in [3.8, 4) is 0 Å². The fraction of sp³-hybridized carbons (Fsp3) is 0.250. The molecule has 1 aliphatic rings. The number of carbonyl (C=O) groups is 2. The molecule has 0 saturated heterocycles. The Balaban J connectivity index is 2.75. The lowest BCUT2D eigenvalue weighted by Crippen LogP contribution is -2.14. The molecule has 0 atom stereocenters. The van der Waals surface area contributed by atoms with Gasteiger partial charge in [0.05, 0.1) is 0 Å². The summed E-state index contributed by atoms with van der Waals surface area (Å²) in [4.78, 5) is 20.9. The number of aliphatic carboxylic acids is 1. The summed E-state index contributed by atoms with van der Waals surface area (Å²) in [6, 6.07) is 0. The number of ketones is 1. The number of carboxylic acids is 1. The summed E-state index contributed by atoms with van der Waals surface area (Å²) in [5.41, 5.74) is 0.240. The van der Waals surface area contributed by atoms with Crippen LogP contribution in [0.25, 0.3) is 0 Å². The highest BCUT2D eigenvalue weighted by Gasteiger charge is 2.15. The number of carboxylic acid groups (broad SMARTS) is 1. The Kier molecular flexibility index (Phi) is 2.21. The predicted molar refractivity (Wildman–Crippen MR) is 37.8 cm³/mol. The minimum atomic E-state index is -1.41. The molecule has 0 aliphatic heterocycles. The first-order chi connectivity index (χ1) is 5.22. The number of carbonyl (C=O) groups excluding carboxylic acids is 1. The van der Waals surface area contributed by atoms with Gasteiger partial charge in [-0.2, -0.15) is 0 Å². The largest absolute Gasteiger partial charge is 0.475 e. The summed E-state index contributed by atoms with van der Waals surface area (Å²) >= 11 is 0. The van der Waals surface area contributed by atoms with Crippen LogP contribution in [0.1, 0.15) is 12.8 Å². The normalized spacial score (nSPS) is 15.8. The van der Waals surface area contributed by atoms with Crippen LogP contribution in [0.2, 0.25) is 0 Å². The minimum absolute atomic E-state index is 0.240. The molecule has 1 rings (SSSR count). The molecule has 11 heavy (non-hydrogen) atoms. The Hall–Kier alpha value is -1.38. The third-order valence-electron chi connectivity index (χ3n) is 1.37. The second-order valence-corrected chi connectivity index (χ2v) is 2.18. The van der Waals surface area contributed by atoms with Crippen molar-refractivity contribution in [2.24, 2.45) is 0 Å². The lowest BCUT2D eigenvalue weighted by Gasteiger charge is -2.00. The van der Waals surface area contributed by atoms with Crippen molar-refractivity contribution in [2.75, 3.05) is 0 Å². The Bertz CT molecular complexity index is 248. The molecule has 0 bridgehead atoms. The van der Waals surface area contributed by atoms with Gasteiger partial charge in [0.2, 0.25) is 0 Å². The predicted octanol–water partition coefficient (Wildman–Crippen LogP) is 0.720. The van der Waals surface area contributed by atoms with Gasteiger partial charge in [0.1, 0.15) is 0 Å². The first-order valence-corrected chi connectivity index (χ1v) is 3.26. The summed E-state index contributed by atoms with van der Waals surface area (Å²) < 4.78 is 0. The zero-order valence-electron chi connectivity index (χ0n) is 5.83. The van der Waals surface area contributed by atoms with Gasteiger partial charge < -0.3 is 5.11 Å². The molecule has 0 heterocycles. The number of rotatable bonds is 2. The maximum atomic E-state index is 10.8. The van der Waals surface area contributed by atoms with Crippen molar-refractivity contribution in [3.05, 3.63) is 23.8 Å². The van der Waals surface area contributed by atoms with E-state index < -0.39 is 11.8 Å². The monoisotopic (exact) mass is 151 g/mol. The summed E-state index contributed by atoms with van der Waals surface area (Å²) in [6.07, 6.45) is 7.30. The highest BCUT2D eigenvalue weighted by Crippen LogP contribution is 2.09. The fourth-order valence-corrected chi connectivity index (χ4v) is 0.834. The Morgan fingerprint density at radius 2 is 2.27 bits per heavy atom. The van der Waals surface area contributed by atoms with Crippen LogP contribution in [0.4, 0.5) is 0 Å². The van der Waals surface area contributed by atoms with Gasteiger partial charge in [0.25, 0.3) is 5.78 Å². The average Bonchev–Trinajstić information content (AvgIpc) is 2.05. The summed E-state index contributed by atoms with van der Waals surface area (Å²) in [5.74, 6) is -2.26. The van der Waals surface area contributed by atoms with Crippen molar-refractivity contribution in [2.45, 2.75) is 12.8 Å². The Morgan fingerprint density at radius 3 is 2.73 bits per heavy atom. The van der Waals surface area contributed by atoms with Crippen LogP contribution >= 0.6 is 0 Å². The van der Waals surface area contributed by atoms with Crippen LogP contribution in [-0.2, 0) is 9.59 Å². The smallest absolute Gasteiger partial charge is 0.377 e. The van der Waals surface area contributed by atoms with E-state index in [0.29, 0.717) is 6.42 Å². The van der Waals surface area contributed by atoms with Crippen molar-refractivity contribution in [1.82, 2.24) is 0 Å². The lowest BCUT2D eigenvalue weighted by molar-refractivity contribution is -0.147. The van der Waals surface area contributed by atoms with Gasteiger partial charge in [-0.15, -0.1) is 0 Å². The number of Topliss-reactive ketones (excluding diaryl/α,β-unsaturated/α-hetero) is 1. The van der Waals surface area contributed by atoms with E-state index in [4.69, 9.17) is 5.11 Å². The zero-order valence-corrected chi connectivity index (χ0v) is 5.83. The third-order valence-corrected chi connectivity index (χ3v) is 1.37. The van der Waals surface area contributed by atoms with E-state index in [-0.39, 0.29) is 5.57 Å². The minimum Gasteiger partial charge on any atom is -0.475 e. The van der Waals surface area contributed by atoms with Crippen LogP contribution in [0.3, 0.4) is 0 Å². The van der Waals surface area contributed by atoms with Crippen LogP contribution in [0.15, 0.2) is 17.7 Å². The quantitative estimate of drug-likeness (QED) is 0.591. The maximum Gasteiger partial charge on any atom is 0.377 e. The standard InChI is InChI=1S/C8H7O3/c9-7(8(10)11)6-4-2-1-3-5-6/h4-5H,1-2H2,(H,10,11). The van der Waals surface area contributed by atoms with Crippen LogP contribution in [-0.4, -0.2) is 16.9 Å². The van der Waals surface area contributed by atoms with Crippen LogP contribution < -0.4 is 0 Å². The molecule has 0 unspecified atom stereocenters. The molecule has 1 aliphatic carbocycles. The SMILES string of the molecule is O=C(O)C(=O)C1=CCC[C]=C1. The second-order valence-electron chi connectivity index (χ2n) is 2.18. The van der Waals surface area contributed by atoms with Crippen LogP contribution in [0, 0.1) is 6.08 Å². The summed E-state index contributed by atoms with van der Waals surface area (Å²) in [7, 11) is 0. The molecule has 0 amide bonds. The van der Waals surface area contributed by atoms with Gasteiger partial charge in [-0.05, 0) is 25.0 Å². The fourth-order valence-electron chi connectivity index (χ4n) is 0.834. The average molecular weight is 151 g/mol. The molecule has 0 spiro atoms. The van der Waals surface area contributed by atoms with Crippen molar-refractivity contribution in [1.29, 1.82) is 0 Å². The van der Waals surface area contributed by atoms with Gasteiger partial charge in [0.15, 0.2) is 0 Å². The van der Waals surface area contributed by atoms with Gasteiger partial charge in [0, 0.05) is 5.57 Å². The van der Waals surface area contributed by atoms with Gasteiger partial charge in [-0.1, -0.05) is 6.08 Å². The Labute approximate surface area is 64.0 Å². The van der Waals surface area contributed by atoms with E-state index >= 15 is 0 Å². The first-order valence-electron chi connectivity index (χ1n) is 3.26. The van der Waals surface area contributed by atoms with Gasteiger partial charge in [-0.25, -0.2) is 4.79 Å². The van der Waals surface area contributed by atoms with Gasteiger partial charge >= 0.3 is 5.97 Å². The van der Waals surface area contributed by atoms with Gasteiger partial charge in [-0.3, -0.25) is 4.79 Å². The van der Waals surface area contributed by atoms with Crippen molar-refractivity contribution >= 4 is 11.8 Å². The molecule has 0 fully saturated rings. The van der Waals surface area contributed by atoms with Crippen molar-refractivity contribution in [3.63, 3.8) is 0 Å². The third kappa shape index (κ3) is 1.77. The number of allylic oxidation sites excluding steroid dienone is 3. The zero-order chi connectivity index (χ0) is 8.27. The van der Waals surface area contributed by atoms with Crippen molar-refractivity contribution < 1.29 is 14.7 Å². The highest BCUT2D eigenvalue weighted by atomic mass is 16.4. The molecule has 1 radical (unpaired) electrons. The molecule has 0 aromatic heterocycles. The molecule has 0 saturated carbocycles. The number of hydrogen-bond acceptors (Lipinski definition) is 2. The molecule has 57 valence electrons. The second kappa shape index (κ2) is 3.14. The highest BCUT2D eigenvalue weighted by molar-refractivity contribution is 6.40. The van der Waals surface area contributed by atoms with E-state index in [1.54, 1.807) is 6.08 Å². The van der Waals surface area contributed by atoms with E-state index in [0.717, 1.165) is 6.42 Å². The lowest BCUT2D eigenvalue weighted by atomic mass is 10.0. The molecule has 3 nitrogen and oxygen atoms in total. The summed E-state index contributed by atoms with van der Waals surface area (Å²) in [6.45, 7) is 0. The molecular formula is C8H7O3. The topological polar surface area (TPSA) is 54.4 Å². The van der Waals surface area contributed by atoms with Crippen LogP contribution in [0.5, 0.6) is 0 Å². The maximum absolute atomic E-state index is 10.8.